The van der Waals surface area contributed by atoms with Gasteiger partial charge in [-0.05, 0) is 0 Å². The van der Waals surface area contributed by atoms with Crippen LogP contribution in [0, 0.1) is 11.3 Å². The highest BCUT2D eigenvalue weighted by molar-refractivity contribution is 5.14. The SMILES string of the molecule is N#CC(F)(F)C(F)(F)C(F)(F)F.OCC(F)(F)C(F)(F)C(F)(F)C(F)(F)C(F)(F)C(F)(F)C(F)(F)C(F)F. The van der Waals surface area contributed by atoms with E-state index in [4.69, 9.17) is 10.4 Å². The van der Waals surface area contributed by atoms with Crippen LogP contribution in [0.25, 0.3) is 0 Å². The largest absolute Gasteiger partial charge is 0.461 e. The molecule has 0 saturated heterocycles. The number of rotatable bonds is 9. The van der Waals surface area contributed by atoms with Crippen LogP contribution >= 0.6 is 0 Å². The molecule has 0 aliphatic rings. The van der Waals surface area contributed by atoms with Crippen molar-refractivity contribution in [2.75, 3.05) is 6.61 Å². The molecule has 0 rings (SSSR count). The highest BCUT2D eigenvalue weighted by Crippen LogP contribution is 2.62. The molecular weight excluding hydrogens is 623 g/mol. The summed E-state index contributed by atoms with van der Waals surface area (Å²) in [5, 5.41) is 15.1. The predicted octanol–water partition coefficient (Wildman–Crippen LogP) is 7.03. The van der Waals surface area contributed by atoms with Crippen molar-refractivity contribution in [1.82, 2.24) is 0 Å². The molecule has 0 amide bonds. The molecule has 0 atom stereocenters. The van der Waals surface area contributed by atoms with Crippen molar-refractivity contribution in [2.24, 2.45) is 0 Å². The van der Waals surface area contributed by atoms with E-state index in [0.29, 0.717) is 0 Å². The standard InChI is InChI=1S/C9H4F16O.C4F7N/c10-2(11)4(14,15)6(18,19)8(22,23)9(24,25)7(20,21)5(16,17)3(12,13)1-26;5-2(6,1-12)3(7,8)4(9,10)11/h2,26H,1H2;. The lowest BCUT2D eigenvalue weighted by Crippen LogP contribution is -2.74. The van der Waals surface area contributed by atoms with Crippen molar-refractivity contribution in [2.45, 2.75) is 65.9 Å². The number of aliphatic hydroxyl groups is 1. The number of nitriles is 1. The minimum absolute atomic E-state index is 0.415. The second-order valence-electron chi connectivity index (χ2n) is 6.42. The van der Waals surface area contributed by atoms with Crippen molar-refractivity contribution in [3.05, 3.63) is 0 Å². The third-order valence-electron chi connectivity index (χ3n) is 3.82. The maximum atomic E-state index is 13.0. The molecule has 0 fully saturated rings. The van der Waals surface area contributed by atoms with Crippen molar-refractivity contribution in [1.29, 1.82) is 5.26 Å². The van der Waals surface area contributed by atoms with Gasteiger partial charge in [-0.2, -0.15) is 97.5 Å². The van der Waals surface area contributed by atoms with Crippen LogP contribution in [0.2, 0.25) is 0 Å². The maximum absolute atomic E-state index is 13.0. The normalized spacial score (nSPS) is 15.7. The number of hydrogen-bond acceptors (Lipinski definition) is 2. The number of aliphatic hydroxyl groups excluding tert-OH is 1. The monoisotopic (exact) mass is 627 g/mol. The van der Waals surface area contributed by atoms with Crippen LogP contribution in [-0.4, -0.2) is 77.6 Å². The Labute approximate surface area is 191 Å². The van der Waals surface area contributed by atoms with E-state index in [0.717, 1.165) is 0 Å². The summed E-state index contributed by atoms with van der Waals surface area (Å²) < 4.78 is 282. The average Bonchev–Trinajstić information content (AvgIpc) is 2.72. The first-order valence-corrected chi connectivity index (χ1v) is 7.84. The highest BCUT2D eigenvalue weighted by Gasteiger charge is 2.93. The molecule has 2 nitrogen and oxygen atoms in total. The van der Waals surface area contributed by atoms with Gasteiger partial charge < -0.3 is 5.11 Å². The van der Waals surface area contributed by atoms with Crippen LogP contribution in [0.4, 0.5) is 101 Å². The Morgan fingerprint density at radius 1 is 0.500 bits per heavy atom. The fourth-order valence-electron chi connectivity index (χ4n) is 1.52. The van der Waals surface area contributed by atoms with Gasteiger partial charge in [0.15, 0.2) is 0 Å². The number of halogens is 23. The molecular formula is C13H4F23NO. The minimum Gasteiger partial charge on any atom is -0.390 e. The Bertz CT molecular complexity index is 848. The third-order valence-corrected chi connectivity index (χ3v) is 3.82. The van der Waals surface area contributed by atoms with Crippen molar-refractivity contribution in [3.8, 4) is 6.07 Å². The lowest BCUT2D eigenvalue weighted by molar-refractivity contribution is -0.447. The zero-order valence-corrected chi connectivity index (χ0v) is 16.4. The van der Waals surface area contributed by atoms with Crippen LogP contribution in [0.1, 0.15) is 0 Å². The summed E-state index contributed by atoms with van der Waals surface area (Å²) in [6.07, 6.45) is -12.3. The first-order chi connectivity index (χ1) is 16.1. The topological polar surface area (TPSA) is 44.0 Å². The van der Waals surface area contributed by atoms with Crippen molar-refractivity contribution in [3.63, 3.8) is 0 Å². The molecule has 0 radical (unpaired) electrons. The van der Waals surface area contributed by atoms with Crippen LogP contribution in [0.5, 0.6) is 0 Å². The smallest absolute Gasteiger partial charge is 0.390 e. The number of nitrogens with zero attached hydrogens (tertiary/aromatic N) is 1. The summed E-state index contributed by atoms with van der Waals surface area (Å²) >= 11 is 0. The Balaban J connectivity index is 0. The fourth-order valence-corrected chi connectivity index (χ4v) is 1.52. The van der Waals surface area contributed by atoms with E-state index in [1.807, 2.05) is 0 Å². The summed E-state index contributed by atoms with van der Waals surface area (Å²) in [6.45, 7) is -3.39. The lowest BCUT2D eigenvalue weighted by Gasteiger charge is -2.42. The van der Waals surface area contributed by atoms with Gasteiger partial charge in [0.2, 0.25) is 0 Å². The Kier molecular flexibility index (Phi) is 10.1. The van der Waals surface area contributed by atoms with Crippen LogP contribution in [-0.2, 0) is 0 Å². The average molecular weight is 627 g/mol. The second kappa shape index (κ2) is 10.1. The molecule has 0 bridgehead atoms. The molecule has 1 N–H and O–H groups in total. The van der Waals surface area contributed by atoms with Gasteiger partial charge in [0.05, 0.1) is 0 Å². The molecule has 0 aliphatic heterocycles. The summed E-state index contributed by atoms with van der Waals surface area (Å²) in [7, 11) is 0. The van der Waals surface area contributed by atoms with Gasteiger partial charge in [-0.25, -0.2) is 8.78 Å². The molecule has 0 saturated carbocycles. The van der Waals surface area contributed by atoms with E-state index in [-0.39, 0.29) is 0 Å². The zero-order valence-electron chi connectivity index (χ0n) is 16.4. The minimum atomic E-state index is -8.41. The molecule has 0 spiro atoms. The zero-order chi connectivity index (χ0) is 32.0. The lowest BCUT2D eigenvalue weighted by atomic mass is 9.89. The van der Waals surface area contributed by atoms with Gasteiger partial charge >= 0.3 is 65.9 Å². The van der Waals surface area contributed by atoms with E-state index >= 15 is 0 Å². The Morgan fingerprint density at radius 3 is 1.00 bits per heavy atom. The molecule has 0 unspecified atom stereocenters. The van der Waals surface area contributed by atoms with Crippen molar-refractivity contribution < 1.29 is 106 Å². The summed E-state index contributed by atoms with van der Waals surface area (Å²) in [6, 6.07) is -0.415. The molecule has 0 aromatic rings. The van der Waals surface area contributed by atoms with Gasteiger partial charge in [0.1, 0.15) is 12.7 Å². The molecule has 25 heteroatoms. The molecule has 38 heavy (non-hydrogen) atoms. The van der Waals surface area contributed by atoms with Gasteiger partial charge in [0.25, 0.3) is 0 Å². The highest BCUT2D eigenvalue weighted by atomic mass is 19.4. The van der Waals surface area contributed by atoms with E-state index in [2.05, 4.69) is 0 Å². The van der Waals surface area contributed by atoms with E-state index in [1.54, 1.807) is 0 Å². The van der Waals surface area contributed by atoms with E-state index in [9.17, 15) is 101 Å². The van der Waals surface area contributed by atoms with Crippen LogP contribution in [0.3, 0.4) is 0 Å². The van der Waals surface area contributed by atoms with E-state index in [1.165, 1.54) is 0 Å². The number of alkyl halides is 23. The summed E-state index contributed by atoms with van der Waals surface area (Å²) in [5.74, 6) is -66.9. The number of hydrogen-bond donors (Lipinski definition) is 1. The maximum Gasteiger partial charge on any atom is 0.461 e. The predicted molar refractivity (Wildman–Crippen MR) is 69.3 cm³/mol. The molecule has 0 aliphatic carbocycles. The van der Waals surface area contributed by atoms with Gasteiger partial charge in [-0.15, -0.1) is 0 Å². The summed E-state index contributed by atoms with van der Waals surface area (Å²) in [5.41, 5.74) is 0. The van der Waals surface area contributed by atoms with Crippen molar-refractivity contribution >= 4 is 0 Å². The first kappa shape index (κ1) is 38.0. The van der Waals surface area contributed by atoms with E-state index < -0.39 is 78.6 Å². The van der Waals surface area contributed by atoms with Gasteiger partial charge in [-0.1, -0.05) is 0 Å². The molecule has 228 valence electrons. The van der Waals surface area contributed by atoms with Crippen LogP contribution in [0.15, 0.2) is 0 Å². The van der Waals surface area contributed by atoms with Crippen LogP contribution < -0.4 is 0 Å². The summed E-state index contributed by atoms with van der Waals surface area (Å²) in [4.78, 5) is 0. The molecule has 0 heterocycles. The third kappa shape index (κ3) is 5.45. The van der Waals surface area contributed by atoms with Gasteiger partial charge in [0, 0.05) is 0 Å². The van der Waals surface area contributed by atoms with Gasteiger partial charge in [-0.3, -0.25) is 0 Å². The Morgan fingerprint density at radius 2 is 0.789 bits per heavy atom. The molecule has 0 aromatic carbocycles. The quantitative estimate of drug-likeness (QED) is 0.279. The Hall–Kier alpha value is -2.16. The first-order valence-electron chi connectivity index (χ1n) is 7.84. The fraction of sp³-hybridized carbons (Fsp3) is 0.923. The second-order valence-corrected chi connectivity index (χ2v) is 6.42. The molecule has 0 aromatic heterocycles.